The SMILES string of the molecule is Cc1ccc(S(=O)(=O)NNC(=S)NCCC[NH+](C)C)cc1. The third-order valence-corrected chi connectivity index (χ3v) is 4.28. The van der Waals surface area contributed by atoms with Crippen molar-refractivity contribution in [3.8, 4) is 0 Å². The van der Waals surface area contributed by atoms with Crippen molar-refractivity contribution >= 4 is 27.4 Å². The van der Waals surface area contributed by atoms with Crippen LogP contribution < -0.4 is 20.5 Å². The highest BCUT2D eigenvalue weighted by atomic mass is 32.2. The monoisotopic (exact) mass is 331 g/mol. The van der Waals surface area contributed by atoms with Crippen molar-refractivity contribution in [2.75, 3.05) is 27.2 Å². The van der Waals surface area contributed by atoms with Crippen molar-refractivity contribution in [1.82, 2.24) is 15.6 Å². The standard InChI is InChI=1S/C13H22N4O2S2/c1-11-5-7-12(8-6-11)21(18,19)16-15-13(20)14-9-4-10-17(2)3/h5-8,16H,4,9-10H2,1-3H3,(H2,14,15,20)/p+1. The molecule has 21 heavy (non-hydrogen) atoms. The van der Waals surface area contributed by atoms with Gasteiger partial charge in [-0.3, -0.25) is 5.43 Å². The molecule has 8 heteroatoms. The maximum Gasteiger partial charge on any atom is 0.257 e. The molecular weight excluding hydrogens is 308 g/mol. The van der Waals surface area contributed by atoms with Crippen molar-refractivity contribution in [2.45, 2.75) is 18.2 Å². The number of quaternary nitrogens is 1. The summed E-state index contributed by atoms with van der Waals surface area (Å²) in [7, 11) is 0.542. The van der Waals surface area contributed by atoms with Crippen LogP contribution in [0.3, 0.4) is 0 Å². The highest BCUT2D eigenvalue weighted by molar-refractivity contribution is 7.89. The Morgan fingerprint density at radius 2 is 1.86 bits per heavy atom. The molecule has 0 aliphatic heterocycles. The van der Waals surface area contributed by atoms with E-state index in [1.165, 1.54) is 4.90 Å². The number of thiocarbonyl (C=S) groups is 1. The van der Waals surface area contributed by atoms with E-state index in [1.807, 2.05) is 6.92 Å². The lowest BCUT2D eigenvalue weighted by molar-refractivity contribution is -0.858. The van der Waals surface area contributed by atoms with Gasteiger partial charge in [0.05, 0.1) is 25.5 Å². The molecule has 1 aromatic carbocycles. The molecule has 0 bridgehead atoms. The molecule has 0 amide bonds. The number of sulfonamides is 1. The Hall–Kier alpha value is -1.22. The van der Waals surface area contributed by atoms with E-state index in [1.54, 1.807) is 24.3 Å². The quantitative estimate of drug-likeness (QED) is 0.299. The summed E-state index contributed by atoms with van der Waals surface area (Å²) in [6.45, 7) is 3.62. The molecule has 0 spiro atoms. The topological polar surface area (TPSA) is 74.7 Å². The highest BCUT2D eigenvalue weighted by Gasteiger charge is 2.13. The second-order valence-electron chi connectivity index (χ2n) is 5.11. The molecule has 1 rings (SSSR count). The zero-order chi connectivity index (χ0) is 15.9. The van der Waals surface area contributed by atoms with E-state index < -0.39 is 10.0 Å². The van der Waals surface area contributed by atoms with Gasteiger partial charge in [0, 0.05) is 13.0 Å². The largest absolute Gasteiger partial charge is 0.361 e. The minimum absolute atomic E-state index is 0.194. The first-order valence-corrected chi connectivity index (χ1v) is 8.62. The summed E-state index contributed by atoms with van der Waals surface area (Å²) in [4.78, 5) is 3.81. The molecule has 118 valence electrons. The van der Waals surface area contributed by atoms with Gasteiger partial charge in [-0.1, -0.05) is 17.7 Å². The Kier molecular flexibility index (Phi) is 7.03. The van der Waals surface area contributed by atoms with Crippen LogP contribution in [0.4, 0.5) is 0 Å². The van der Waals surface area contributed by atoms with Crippen LogP contribution in [0.1, 0.15) is 12.0 Å². The number of nitrogens with one attached hydrogen (secondary N) is 4. The van der Waals surface area contributed by atoms with Gasteiger partial charge in [-0.2, -0.15) is 0 Å². The van der Waals surface area contributed by atoms with Crippen molar-refractivity contribution in [3.05, 3.63) is 29.8 Å². The first kappa shape index (κ1) is 17.8. The second-order valence-corrected chi connectivity index (χ2v) is 7.20. The molecule has 0 radical (unpaired) electrons. The third-order valence-electron chi connectivity index (χ3n) is 2.77. The van der Waals surface area contributed by atoms with Crippen molar-refractivity contribution in [2.24, 2.45) is 0 Å². The van der Waals surface area contributed by atoms with Crippen molar-refractivity contribution in [1.29, 1.82) is 0 Å². The minimum Gasteiger partial charge on any atom is -0.361 e. The van der Waals surface area contributed by atoms with E-state index in [0.29, 0.717) is 6.54 Å². The van der Waals surface area contributed by atoms with Gasteiger partial charge in [-0.25, -0.2) is 8.42 Å². The van der Waals surface area contributed by atoms with Crippen molar-refractivity contribution in [3.63, 3.8) is 0 Å². The zero-order valence-corrected chi connectivity index (χ0v) is 14.2. The number of rotatable bonds is 7. The summed E-state index contributed by atoms with van der Waals surface area (Å²) in [6, 6.07) is 6.59. The molecule has 0 aliphatic carbocycles. The predicted molar refractivity (Wildman–Crippen MR) is 87.5 cm³/mol. The maximum absolute atomic E-state index is 12.0. The maximum atomic E-state index is 12.0. The van der Waals surface area contributed by atoms with Crippen LogP contribution >= 0.6 is 12.2 Å². The van der Waals surface area contributed by atoms with Crippen LogP contribution in [0.2, 0.25) is 0 Å². The number of aryl methyl sites for hydroxylation is 1. The summed E-state index contributed by atoms with van der Waals surface area (Å²) >= 11 is 5.02. The summed E-state index contributed by atoms with van der Waals surface area (Å²) in [5.41, 5.74) is 3.50. The molecule has 0 saturated carbocycles. The van der Waals surface area contributed by atoms with Crippen molar-refractivity contribution < 1.29 is 13.3 Å². The first-order chi connectivity index (χ1) is 9.81. The molecule has 6 nitrogen and oxygen atoms in total. The van der Waals surface area contributed by atoms with Crippen LogP contribution in [0.15, 0.2) is 29.2 Å². The van der Waals surface area contributed by atoms with E-state index in [-0.39, 0.29) is 10.0 Å². The van der Waals surface area contributed by atoms with Gasteiger partial charge >= 0.3 is 0 Å². The molecule has 0 aliphatic rings. The van der Waals surface area contributed by atoms with Gasteiger partial charge < -0.3 is 10.2 Å². The fourth-order valence-electron chi connectivity index (χ4n) is 1.58. The zero-order valence-electron chi connectivity index (χ0n) is 12.6. The Bertz CT molecular complexity index is 556. The summed E-state index contributed by atoms with van der Waals surface area (Å²) in [6.07, 6.45) is 0.953. The van der Waals surface area contributed by atoms with E-state index in [9.17, 15) is 8.42 Å². The predicted octanol–water partition coefficient (Wildman–Crippen LogP) is -0.813. The summed E-state index contributed by atoms with van der Waals surface area (Å²) in [5, 5.41) is 3.21. The Morgan fingerprint density at radius 3 is 2.43 bits per heavy atom. The van der Waals surface area contributed by atoms with Gasteiger partial charge in [0.1, 0.15) is 0 Å². The van der Waals surface area contributed by atoms with E-state index in [4.69, 9.17) is 12.2 Å². The summed E-state index contributed by atoms with van der Waals surface area (Å²) in [5.74, 6) is 0. The fraction of sp³-hybridized carbons (Fsp3) is 0.462. The molecule has 0 aromatic heterocycles. The van der Waals surface area contributed by atoms with E-state index in [0.717, 1.165) is 18.5 Å². The van der Waals surface area contributed by atoms with Crippen LogP contribution in [0.5, 0.6) is 0 Å². The lowest BCUT2D eigenvalue weighted by Gasteiger charge is -2.12. The molecule has 1 aromatic rings. The lowest BCUT2D eigenvalue weighted by atomic mass is 10.2. The fourth-order valence-corrected chi connectivity index (χ4v) is 2.64. The van der Waals surface area contributed by atoms with Crippen LogP contribution in [-0.4, -0.2) is 40.7 Å². The highest BCUT2D eigenvalue weighted by Crippen LogP contribution is 2.08. The van der Waals surface area contributed by atoms with Gasteiger partial charge in [0.25, 0.3) is 10.0 Å². The van der Waals surface area contributed by atoms with Gasteiger partial charge in [0.15, 0.2) is 5.11 Å². The normalized spacial score (nSPS) is 11.4. The first-order valence-electron chi connectivity index (χ1n) is 6.72. The van der Waals surface area contributed by atoms with E-state index in [2.05, 4.69) is 29.7 Å². The number of hydrogen-bond donors (Lipinski definition) is 4. The Balaban J connectivity index is 2.39. The molecule has 4 N–H and O–H groups in total. The number of hydrazine groups is 1. The molecule has 0 heterocycles. The number of benzene rings is 1. The number of hydrogen-bond acceptors (Lipinski definition) is 3. The Morgan fingerprint density at radius 1 is 1.24 bits per heavy atom. The minimum atomic E-state index is -3.61. The molecule has 0 atom stereocenters. The molecular formula is C13H23N4O2S2+. The molecule has 0 fully saturated rings. The van der Waals surface area contributed by atoms with Gasteiger partial charge in [-0.15, -0.1) is 4.83 Å². The Labute approximate surface area is 131 Å². The van der Waals surface area contributed by atoms with Gasteiger partial charge in [0.2, 0.25) is 0 Å². The lowest BCUT2D eigenvalue weighted by Crippen LogP contribution is -3.05. The van der Waals surface area contributed by atoms with Crippen LogP contribution in [0.25, 0.3) is 0 Å². The summed E-state index contributed by atoms with van der Waals surface area (Å²) < 4.78 is 24.0. The van der Waals surface area contributed by atoms with Gasteiger partial charge in [-0.05, 0) is 31.3 Å². The third kappa shape index (κ3) is 6.85. The molecule has 0 saturated heterocycles. The van der Waals surface area contributed by atoms with Crippen LogP contribution in [0, 0.1) is 6.92 Å². The molecule has 0 unspecified atom stereocenters. The van der Waals surface area contributed by atoms with Crippen LogP contribution in [-0.2, 0) is 10.0 Å². The average molecular weight is 331 g/mol. The second kappa shape index (κ2) is 8.28. The average Bonchev–Trinajstić information content (AvgIpc) is 2.42. The van der Waals surface area contributed by atoms with E-state index >= 15 is 0 Å². The smallest absolute Gasteiger partial charge is 0.257 e.